The Morgan fingerprint density at radius 1 is 1.48 bits per heavy atom. The number of alkyl halides is 1. The van der Waals surface area contributed by atoms with E-state index in [0.717, 1.165) is 36.5 Å². The van der Waals surface area contributed by atoms with E-state index in [1.165, 1.54) is 0 Å². The van der Waals surface area contributed by atoms with Crippen molar-refractivity contribution in [1.29, 1.82) is 0 Å². The molecule has 0 spiro atoms. The maximum Gasteiger partial charge on any atom is 0.253 e. The Kier molecular flexibility index (Phi) is 3.08. The molecule has 3 rings (SSSR count). The first kappa shape index (κ1) is 9.97. The number of piperidine rings is 1. The SMILES string of the molecule is [2H]C([2H])([2H])c1ccc(C([2H])([2H])CC([2H])([2H])C2(F)CC([2H])([2H])N(C(=O)c3ccc(F)c(Cl)c3)CC2([2H])[2H])nc1. The van der Waals surface area contributed by atoms with Gasteiger partial charge in [0.15, 0.2) is 0 Å². The van der Waals surface area contributed by atoms with Crippen LogP contribution in [0.1, 0.15) is 62.3 Å². The third kappa shape index (κ3) is 5.04. The highest BCUT2D eigenvalue weighted by atomic mass is 35.5. The first-order valence-electron chi connectivity index (χ1n) is 13.5. The number of carbonyl (C=O) groups is 1. The number of likely N-dealkylation sites (tertiary alicyclic amines) is 1. The van der Waals surface area contributed by atoms with Crippen molar-refractivity contribution >= 4 is 17.5 Å². The standard InChI is InChI=1S/C21H23ClF2N2O/c1-15-4-6-17(25-14-15)3-2-8-21(24)9-11-26(12-10-21)20(27)16-5-7-19(23)18(22)13-16/h4-7,13-14H,2-3,8-12H2,1H3/i1D3,3D2,8D2,9D2,12D2. The molecule has 0 radical (unpaired) electrons. The van der Waals surface area contributed by atoms with Gasteiger partial charge in [-0.25, -0.2) is 8.78 Å². The smallest absolute Gasteiger partial charge is 0.253 e. The summed E-state index contributed by atoms with van der Waals surface area (Å²) in [6, 6.07) is 4.82. The zero-order valence-corrected chi connectivity index (χ0v) is 14.8. The van der Waals surface area contributed by atoms with Gasteiger partial charge in [-0.3, -0.25) is 9.78 Å². The predicted octanol–water partition coefficient (Wildman–Crippen LogP) is 5.15. The van der Waals surface area contributed by atoms with Crippen LogP contribution in [0.25, 0.3) is 0 Å². The summed E-state index contributed by atoms with van der Waals surface area (Å²) in [5.74, 6) is -1.98. The number of rotatable bonds is 5. The maximum absolute atomic E-state index is 16.4. The van der Waals surface area contributed by atoms with Crippen molar-refractivity contribution in [2.45, 2.75) is 44.5 Å². The first-order chi connectivity index (χ1) is 17.0. The Balaban J connectivity index is 1.92. The highest BCUT2D eigenvalue weighted by molar-refractivity contribution is 6.31. The molecule has 2 aromatic rings. The van der Waals surface area contributed by atoms with Crippen molar-refractivity contribution in [1.82, 2.24) is 9.88 Å². The zero-order chi connectivity index (χ0) is 29.1. The second-order valence-corrected chi connectivity index (χ2v) is 6.20. The van der Waals surface area contributed by atoms with Crippen molar-refractivity contribution in [3.05, 3.63) is 64.2 Å². The lowest BCUT2D eigenvalue weighted by atomic mass is 9.87. The molecule has 1 fully saturated rings. The first-order valence-corrected chi connectivity index (χ1v) is 8.35. The summed E-state index contributed by atoms with van der Waals surface area (Å²) < 4.78 is 118. The molecule has 1 unspecified atom stereocenters. The number of hydrogen-bond donors (Lipinski definition) is 0. The lowest BCUT2D eigenvalue weighted by molar-refractivity contribution is 0.0389. The number of nitrogens with zero attached hydrogens (tertiary/aromatic N) is 2. The largest absolute Gasteiger partial charge is 0.338 e. The van der Waals surface area contributed by atoms with Gasteiger partial charge in [0, 0.05) is 45.6 Å². The Morgan fingerprint density at radius 2 is 2.33 bits per heavy atom. The number of pyridine rings is 1. The molecule has 144 valence electrons. The number of benzene rings is 1. The third-order valence-corrected chi connectivity index (χ3v) is 4.13. The van der Waals surface area contributed by atoms with Gasteiger partial charge in [-0.15, -0.1) is 0 Å². The number of amides is 1. The van der Waals surface area contributed by atoms with E-state index in [1.54, 1.807) is 0 Å². The van der Waals surface area contributed by atoms with Gasteiger partial charge in [0.2, 0.25) is 0 Å². The van der Waals surface area contributed by atoms with Gasteiger partial charge in [0.05, 0.1) is 5.02 Å². The van der Waals surface area contributed by atoms with Crippen molar-refractivity contribution in [3.63, 3.8) is 0 Å². The molecule has 27 heavy (non-hydrogen) atoms. The minimum atomic E-state index is -3.62. The van der Waals surface area contributed by atoms with Gasteiger partial charge in [0.25, 0.3) is 5.91 Å². The summed E-state index contributed by atoms with van der Waals surface area (Å²) in [5, 5.41) is -0.449. The number of halogens is 3. The van der Waals surface area contributed by atoms with Crippen LogP contribution in [0.3, 0.4) is 0 Å². The van der Waals surface area contributed by atoms with E-state index >= 15 is 4.39 Å². The number of hydrogen-bond acceptors (Lipinski definition) is 2. The van der Waals surface area contributed by atoms with Gasteiger partial charge in [-0.2, -0.15) is 0 Å². The maximum atomic E-state index is 16.4. The van der Waals surface area contributed by atoms with Crippen LogP contribution >= 0.6 is 11.6 Å². The topological polar surface area (TPSA) is 33.2 Å². The third-order valence-electron chi connectivity index (χ3n) is 3.84. The van der Waals surface area contributed by atoms with Gasteiger partial charge in [-0.05, 0) is 68.6 Å². The molecule has 1 aliphatic rings. The van der Waals surface area contributed by atoms with Gasteiger partial charge in [-0.1, -0.05) is 17.7 Å². The molecule has 0 bridgehead atoms. The van der Waals surface area contributed by atoms with Crippen molar-refractivity contribution in [2.24, 2.45) is 0 Å². The van der Waals surface area contributed by atoms with Crippen LogP contribution in [-0.4, -0.2) is 34.5 Å². The summed E-state index contributed by atoms with van der Waals surface area (Å²) in [6.45, 7) is -6.70. The molecule has 1 aromatic carbocycles. The molecule has 1 saturated heterocycles. The number of aromatic nitrogens is 1. The van der Waals surface area contributed by atoms with E-state index in [0.29, 0.717) is 4.90 Å². The summed E-state index contributed by atoms with van der Waals surface area (Å²) in [5.41, 5.74) is -4.55. The summed E-state index contributed by atoms with van der Waals surface area (Å²) in [7, 11) is 0. The molecule has 6 heteroatoms. The van der Waals surface area contributed by atoms with Gasteiger partial charge in [0.1, 0.15) is 11.5 Å². The van der Waals surface area contributed by atoms with Crippen LogP contribution < -0.4 is 0 Å². The number of aryl methyl sites for hydroxylation is 2. The molecular weight excluding hydrogens is 370 g/mol. The Hall–Kier alpha value is -2.01. The van der Waals surface area contributed by atoms with E-state index in [9.17, 15) is 9.18 Å². The molecular formula is C21H23ClF2N2O. The average molecular weight is 404 g/mol. The fourth-order valence-corrected chi connectivity index (χ4v) is 2.53. The van der Waals surface area contributed by atoms with E-state index in [4.69, 9.17) is 26.7 Å². The van der Waals surface area contributed by atoms with Crippen molar-refractivity contribution in [2.75, 3.05) is 13.0 Å². The molecule has 1 atom stereocenters. The highest BCUT2D eigenvalue weighted by Gasteiger charge is 2.35. The molecule has 0 aliphatic carbocycles. The monoisotopic (exact) mass is 403 g/mol. The van der Waals surface area contributed by atoms with Crippen molar-refractivity contribution < 1.29 is 28.7 Å². The molecule has 1 aliphatic heterocycles. The van der Waals surface area contributed by atoms with Crippen molar-refractivity contribution in [3.8, 4) is 0 Å². The quantitative estimate of drug-likeness (QED) is 0.691. The van der Waals surface area contributed by atoms with Crippen LogP contribution in [-0.2, 0) is 6.37 Å². The van der Waals surface area contributed by atoms with E-state index in [2.05, 4.69) is 4.98 Å². The van der Waals surface area contributed by atoms with E-state index in [-0.39, 0.29) is 11.1 Å². The molecule has 0 saturated carbocycles. The number of carbonyl (C=O) groups excluding carboxylic acids is 1. The molecule has 3 nitrogen and oxygen atoms in total. The average Bonchev–Trinajstić information content (AvgIpc) is 2.76. The minimum absolute atomic E-state index is 0.203. The van der Waals surface area contributed by atoms with Gasteiger partial charge >= 0.3 is 0 Å². The molecule has 2 heterocycles. The van der Waals surface area contributed by atoms with Crippen LogP contribution in [0.2, 0.25) is 5.02 Å². The summed E-state index contributed by atoms with van der Waals surface area (Å²) in [4.78, 5) is 17.1. The van der Waals surface area contributed by atoms with Crippen LogP contribution in [0.5, 0.6) is 0 Å². The van der Waals surface area contributed by atoms with Crippen LogP contribution in [0.4, 0.5) is 8.78 Å². The van der Waals surface area contributed by atoms with Crippen LogP contribution in [0, 0.1) is 12.7 Å². The fraction of sp³-hybridized carbons (Fsp3) is 0.429. The Morgan fingerprint density at radius 3 is 3.04 bits per heavy atom. The summed E-state index contributed by atoms with van der Waals surface area (Å²) >= 11 is 5.68. The highest BCUT2D eigenvalue weighted by Crippen LogP contribution is 2.32. The molecule has 1 amide bonds. The minimum Gasteiger partial charge on any atom is -0.338 e. The Labute approximate surface area is 178 Å². The zero-order valence-electron chi connectivity index (χ0n) is 25.0. The van der Waals surface area contributed by atoms with E-state index in [1.807, 2.05) is 0 Å². The predicted molar refractivity (Wildman–Crippen MR) is 102 cm³/mol. The van der Waals surface area contributed by atoms with Crippen LogP contribution in [0.15, 0.2) is 36.5 Å². The lowest BCUT2D eigenvalue weighted by Gasteiger charge is -2.36. The normalized spacial score (nSPS) is 31.2. The second kappa shape index (κ2) is 8.34. The Bertz CT molecular complexity index is 1220. The molecule has 0 N–H and O–H groups in total. The summed E-state index contributed by atoms with van der Waals surface area (Å²) in [6.07, 6.45) is -11.1. The fourth-order valence-electron chi connectivity index (χ4n) is 2.35. The molecule has 1 aromatic heterocycles. The van der Waals surface area contributed by atoms with Gasteiger partial charge < -0.3 is 4.90 Å². The second-order valence-electron chi connectivity index (χ2n) is 5.80. The lowest BCUT2D eigenvalue weighted by Crippen LogP contribution is -2.44. The van der Waals surface area contributed by atoms with E-state index < -0.39 is 80.0 Å².